The molecule has 1 atom stereocenters. The second-order valence-electron chi connectivity index (χ2n) is 5.79. The minimum absolute atomic E-state index is 0.0882. The van der Waals surface area contributed by atoms with Crippen LogP contribution in [0, 0.1) is 5.41 Å². The Bertz CT molecular complexity index is 194. The molecule has 0 spiro atoms. The number of rotatable bonds is 5. The number of nitrogens with zero attached hydrogens (tertiary/aromatic N) is 2. The summed E-state index contributed by atoms with van der Waals surface area (Å²) in [5.41, 5.74) is 0.0882. The van der Waals surface area contributed by atoms with Gasteiger partial charge in [-0.25, -0.2) is 0 Å². The van der Waals surface area contributed by atoms with Gasteiger partial charge in [0.25, 0.3) is 0 Å². The molecule has 0 aromatic rings. The van der Waals surface area contributed by atoms with Crippen LogP contribution in [0.2, 0.25) is 0 Å². The summed E-state index contributed by atoms with van der Waals surface area (Å²) in [7, 11) is 4.34. The first kappa shape index (κ1) is 13.9. The molecule has 0 aromatic heterocycles. The molecule has 1 aliphatic rings. The number of piperidine rings is 1. The van der Waals surface area contributed by atoms with E-state index < -0.39 is 0 Å². The molecule has 3 heteroatoms. The summed E-state index contributed by atoms with van der Waals surface area (Å²) in [6.07, 6.45) is 3.58. The summed E-state index contributed by atoms with van der Waals surface area (Å²) in [5.74, 6) is 0. The fraction of sp³-hybridized carbons (Fsp3) is 1.00. The van der Waals surface area contributed by atoms with Gasteiger partial charge >= 0.3 is 0 Å². The molecule has 1 fully saturated rings. The average Bonchev–Trinajstić information content (AvgIpc) is 2.29. The predicted molar refractivity (Wildman–Crippen MR) is 68.6 cm³/mol. The van der Waals surface area contributed by atoms with Gasteiger partial charge in [0, 0.05) is 24.6 Å². The van der Waals surface area contributed by atoms with Gasteiger partial charge in [-0.2, -0.15) is 0 Å². The van der Waals surface area contributed by atoms with Crippen LogP contribution in [0.25, 0.3) is 0 Å². The van der Waals surface area contributed by atoms with Crippen LogP contribution in [0.3, 0.4) is 0 Å². The van der Waals surface area contributed by atoms with E-state index in [1.165, 1.54) is 25.9 Å². The van der Waals surface area contributed by atoms with Crippen LogP contribution in [-0.4, -0.2) is 61.3 Å². The Labute approximate surface area is 100 Å². The molecule has 0 radical (unpaired) electrons. The Morgan fingerprint density at radius 1 is 1.31 bits per heavy atom. The summed E-state index contributed by atoms with van der Waals surface area (Å²) < 4.78 is 0. The lowest BCUT2D eigenvalue weighted by Gasteiger charge is -2.39. The highest BCUT2D eigenvalue weighted by atomic mass is 16.3. The van der Waals surface area contributed by atoms with E-state index in [0.717, 1.165) is 19.0 Å². The zero-order valence-corrected chi connectivity index (χ0v) is 11.4. The first-order chi connectivity index (χ1) is 7.50. The van der Waals surface area contributed by atoms with Crippen molar-refractivity contribution in [3.8, 4) is 0 Å². The SMILES string of the molecule is CCC(C)(CO)CN1CCC(N(C)C)CC1. The number of likely N-dealkylation sites (tertiary alicyclic amines) is 1. The highest BCUT2D eigenvalue weighted by Crippen LogP contribution is 2.24. The summed E-state index contributed by atoms with van der Waals surface area (Å²) in [6, 6.07) is 0.748. The van der Waals surface area contributed by atoms with Gasteiger partial charge in [-0.3, -0.25) is 0 Å². The van der Waals surface area contributed by atoms with Crippen LogP contribution in [0.1, 0.15) is 33.1 Å². The largest absolute Gasteiger partial charge is 0.396 e. The van der Waals surface area contributed by atoms with Crippen molar-refractivity contribution in [2.75, 3.05) is 40.3 Å². The summed E-state index contributed by atoms with van der Waals surface area (Å²) in [5, 5.41) is 9.42. The van der Waals surface area contributed by atoms with Gasteiger partial charge < -0.3 is 14.9 Å². The maximum absolute atomic E-state index is 9.42. The topological polar surface area (TPSA) is 26.7 Å². The van der Waals surface area contributed by atoms with Crippen molar-refractivity contribution < 1.29 is 5.11 Å². The minimum atomic E-state index is 0.0882. The maximum Gasteiger partial charge on any atom is 0.0496 e. The Hall–Kier alpha value is -0.120. The van der Waals surface area contributed by atoms with E-state index in [1.54, 1.807) is 0 Å². The number of aliphatic hydroxyl groups is 1. The van der Waals surface area contributed by atoms with Crippen LogP contribution in [-0.2, 0) is 0 Å². The second-order valence-corrected chi connectivity index (χ2v) is 5.79. The van der Waals surface area contributed by atoms with Gasteiger partial charge in [0.05, 0.1) is 0 Å². The standard InChI is InChI=1S/C13H28N2O/c1-5-13(2,11-16)10-15-8-6-12(7-9-15)14(3)4/h12,16H,5-11H2,1-4H3. The third-order valence-corrected chi connectivity index (χ3v) is 4.13. The molecule has 0 aliphatic carbocycles. The molecule has 1 aliphatic heterocycles. The molecule has 0 bridgehead atoms. The average molecular weight is 228 g/mol. The first-order valence-corrected chi connectivity index (χ1v) is 6.50. The lowest BCUT2D eigenvalue weighted by atomic mass is 9.87. The Morgan fingerprint density at radius 3 is 2.25 bits per heavy atom. The third-order valence-electron chi connectivity index (χ3n) is 4.13. The Balaban J connectivity index is 2.37. The molecule has 1 saturated heterocycles. The van der Waals surface area contributed by atoms with Gasteiger partial charge in [0.1, 0.15) is 0 Å². The molecule has 1 rings (SSSR count). The fourth-order valence-electron chi connectivity index (χ4n) is 2.41. The van der Waals surface area contributed by atoms with Crippen molar-refractivity contribution in [1.82, 2.24) is 9.80 Å². The van der Waals surface area contributed by atoms with E-state index in [0.29, 0.717) is 6.61 Å². The van der Waals surface area contributed by atoms with Crippen LogP contribution in [0.5, 0.6) is 0 Å². The van der Waals surface area contributed by atoms with Gasteiger partial charge in [-0.1, -0.05) is 13.8 Å². The number of aliphatic hydroxyl groups excluding tert-OH is 1. The van der Waals surface area contributed by atoms with E-state index in [-0.39, 0.29) is 5.41 Å². The van der Waals surface area contributed by atoms with E-state index >= 15 is 0 Å². The van der Waals surface area contributed by atoms with Gasteiger partial charge in [0.15, 0.2) is 0 Å². The molecule has 16 heavy (non-hydrogen) atoms. The van der Waals surface area contributed by atoms with E-state index in [4.69, 9.17) is 0 Å². The summed E-state index contributed by atoms with van der Waals surface area (Å²) in [6.45, 7) is 8.06. The quantitative estimate of drug-likeness (QED) is 0.771. The van der Waals surface area contributed by atoms with Crippen molar-refractivity contribution in [1.29, 1.82) is 0 Å². The number of hydrogen-bond acceptors (Lipinski definition) is 3. The summed E-state index contributed by atoms with van der Waals surface area (Å²) >= 11 is 0. The maximum atomic E-state index is 9.42. The van der Waals surface area contributed by atoms with Gasteiger partial charge in [-0.05, 0) is 46.4 Å². The predicted octanol–water partition coefficient (Wildman–Crippen LogP) is 1.42. The van der Waals surface area contributed by atoms with Crippen molar-refractivity contribution in [2.45, 2.75) is 39.2 Å². The van der Waals surface area contributed by atoms with E-state index in [9.17, 15) is 5.11 Å². The van der Waals surface area contributed by atoms with Crippen molar-refractivity contribution in [2.24, 2.45) is 5.41 Å². The molecule has 1 N–H and O–H groups in total. The Kier molecular flexibility index (Phi) is 5.22. The zero-order valence-electron chi connectivity index (χ0n) is 11.4. The minimum Gasteiger partial charge on any atom is -0.396 e. The molecule has 3 nitrogen and oxygen atoms in total. The normalized spacial score (nSPS) is 23.6. The zero-order chi connectivity index (χ0) is 12.2. The monoisotopic (exact) mass is 228 g/mol. The molecule has 0 saturated carbocycles. The molecular formula is C13H28N2O. The van der Waals surface area contributed by atoms with E-state index in [1.807, 2.05) is 0 Å². The van der Waals surface area contributed by atoms with Crippen molar-refractivity contribution >= 4 is 0 Å². The number of hydrogen-bond donors (Lipinski definition) is 1. The van der Waals surface area contributed by atoms with Crippen LogP contribution in [0.4, 0.5) is 0 Å². The molecular weight excluding hydrogens is 200 g/mol. The molecule has 96 valence electrons. The smallest absolute Gasteiger partial charge is 0.0496 e. The van der Waals surface area contributed by atoms with E-state index in [2.05, 4.69) is 37.7 Å². The van der Waals surface area contributed by atoms with Crippen LogP contribution < -0.4 is 0 Å². The Morgan fingerprint density at radius 2 is 1.88 bits per heavy atom. The lowest BCUT2D eigenvalue weighted by molar-refractivity contribution is 0.0600. The lowest BCUT2D eigenvalue weighted by Crippen LogP contribution is -2.46. The van der Waals surface area contributed by atoms with Crippen molar-refractivity contribution in [3.05, 3.63) is 0 Å². The molecule has 0 aromatic carbocycles. The van der Waals surface area contributed by atoms with Crippen molar-refractivity contribution in [3.63, 3.8) is 0 Å². The van der Waals surface area contributed by atoms with Gasteiger partial charge in [0.2, 0.25) is 0 Å². The third kappa shape index (κ3) is 3.72. The van der Waals surface area contributed by atoms with Crippen LogP contribution in [0.15, 0.2) is 0 Å². The highest BCUT2D eigenvalue weighted by Gasteiger charge is 2.27. The second kappa shape index (κ2) is 5.99. The molecule has 1 unspecified atom stereocenters. The van der Waals surface area contributed by atoms with Crippen LogP contribution >= 0.6 is 0 Å². The molecule has 0 amide bonds. The van der Waals surface area contributed by atoms with Gasteiger partial charge in [-0.15, -0.1) is 0 Å². The highest BCUT2D eigenvalue weighted by molar-refractivity contribution is 4.82. The fourth-order valence-corrected chi connectivity index (χ4v) is 2.41. The summed E-state index contributed by atoms with van der Waals surface area (Å²) in [4.78, 5) is 4.85. The molecule has 1 heterocycles. The first-order valence-electron chi connectivity index (χ1n) is 6.50.